The first-order valence-corrected chi connectivity index (χ1v) is 8.48. The Hall–Kier alpha value is -2.12. The molecule has 24 heavy (non-hydrogen) atoms. The summed E-state index contributed by atoms with van der Waals surface area (Å²) in [6, 6.07) is -0.580. The molecule has 0 aromatic rings. The lowest BCUT2D eigenvalue weighted by molar-refractivity contribution is -0.142. The number of urea groups is 1. The second-order valence-corrected chi connectivity index (χ2v) is 6.68. The van der Waals surface area contributed by atoms with Gasteiger partial charge in [-0.05, 0) is 32.6 Å². The summed E-state index contributed by atoms with van der Waals surface area (Å²) in [5, 5.41) is 2.71. The minimum absolute atomic E-state index is 0.0454. The average molecular weight is 338 g/mol. The Kier molecular flexibility index (Phi) is 5.15. The van der Waals surface area contributed by atoms with Gasteiger partial charge in [0.05, 0.1) is 5.92 Å². The molecule has 2 fully saturated rings. The highest BCUT2D eigenvalue weighted by molar-refractivity contribution is 6.09. The van der Waals surface area contributed by atoms with E-state index in [1.54, 1.807) is 4.90 Å². The average Bonchev–Trinajstić information content (AvgIpc) is 2.79. The molecule has 0 bridgehead atoms. The molecule has 2 aliphatic heterocycles. The first-order valence-electron chi connectivity index (χ1n) is 8.48. The molecular formula is C16H26N4O4. The number of nitrogens with one attached hydrogen (secondary N) is 1. The zero-order valence-corrected chi connectivity index (χ0v) is 14.5. The van der Waals surface area contributed by atoms with Crippen molar-refractivity contribution in [1.82, 2.24) is 15.1 Å². The second-order valence-electron chi connectivity index (χ2n) is 6.68. The van der Waals surface area contributed by atoms with E-state index in [1.165, 1.54) is 0 Å². The van der Waals surface area contributed by atoms with Crippen LogP contribution in [0.25, 0.3) is 0 Å². The van der Waals surface area contributed by atoms with E-state index in [-0.39, 0.29) is 36.9 Å². The van der Waals surface area contributed by atoms with Crippen molar-refractivity contribution in [2.45, 2.75) is 58.0 Å². The number of amides is 5. The number of nitrogens with zero attached hydrogens (tertiary/aromatic N) is 2. The lowest BCUT2D eigenvalue weighted by Crippen LogP contribution is -2.52. The standard InChI is InChI=1S/C16H26N4O4/c1-4-16(5-2)14(23)20(15(24)18-16)9-12(21)19-8-11(13(17)22)7-6-10(19)3/h10-11H,4-9H2,1-3H3,(H2,17,22)(H,18,24)/t10-,11+/m0/s1. The van der Waals surface area contributed by atoms with Gasteiger partial charge >= 0.3 is 6.03 Å². The third-order valence-corrected chi connectivity index (χ3v) is 5.35. The third kappa shape index (κ3) is 3.09. The highest BCUT2D eigenvalue weighted by atomic mass is 16.2. The van der Waals surface area contributed by atoms with Crippen LogP contribution in [0.2, 0.25) is 0 Å². The molecule has 0 aliphatic carbocycles. The summed E-state index contributed by atoms with van der Waals surface area (Å²) in [5.41, 5.74) is 4.43. The monoisotopic (exact) mass is 338 g/mol. The Morgan fingerprint density at radius 3 is 2.38 bits per heavy atom. The lowest BCUT2D eigenvalue weighted by atomic mass is 9.92. The minimum atomic E-state index is -0.916. The summed E-state index contributed by atoms with van der Waals surface area (Å²) in [7, 11) is 0. The normalized spacial score (nSPS) is 26.5. The predicted octanol–water partition coefficient (Wildman–Crippen LogP) is 0.209. The van der Waals surface area contributed by atoms with Gasteiger partial charge in [-0.2, -0.15) is 0 Å². The van der Waals surface area contributed by atoms with Crippen LogP contribution in [-0.4, -0.2) is 58.2 Å². The minimum Gasteiger partial charge on any atom is -0.369 e. The Morgan fingerprint density at radius 2 is 1.88 bits per heavy atom. The van der Waals surface area contributed by atoms with Gasteiger partial charge in [0.15, 0.2) is 0 Å². The highest BCUT2D eigenvalue weighted by Crippen LogP contribution is 2.26. The predicted molar refractivity (Wildman–Crippen MR) is 86.7 cm³/mol. The van der Waals surface area contributed by atoms with E-state index >= 15 is 0 Å². The van der Waals surface area contributed by atoms with Crippen molar-refractivity contribution >= 4 is 23.8 Å². The second kappa shape index (κ2) is 6.78. The van der Waals surface area contributed by atoms with E-state index in [1.807, 2.05) is 20.8 Å². The van der Waals surface area contributed by atoms with Crippen molar-refractivity contribution in [2.75, 3.05) is 13.1 Å². The summed E-state index contributed by atoms with van der Waals surface area (Å²) >= 11 is 0. The van der Waals surface area contributed by atoms with Gasteiger partial charge in [0.2, 0.25) is 11.8 Å². The molecule has 8 nitrogen and oxygen atoms in total. The zero-order chi connectivity index (χ0) is 18.1. The summed E-state index contributed by atoms with van der Waals surface area (Å²) < 4.78 is 0. The van der Waals surface area contributed by atoms with Gasteiger partial charge < -0.3 is 16.0 Å². The highest BCUT2D eigenvalue weighted by Gasteiger charge is 2.49. The van der Waals surface area contributed by atoms with Crippen molar-refractivity contribution in [1.29, 1.82) is 0 Å². The largest absolute Gasteiger partial charge is 0.369 e. The van der Waals surface area contributed by atoms with Crippen LogP contribution in [0.15, 0.2) is 0 Å². The SMILES string of the molecule is CCC1(CC)NC(=O)N(CC(=O)N2C[C@H](C(N)=O)CC[C@@H]2C)C1=O. The fourth-order valence-electron chi connectivity index (χ4n) is 3.46. The number of rotatable bonds is 5. The van der Waals surface area contributed by atoms with E-state index in [0.717, 1.165) is 4.90 Å². The van der Waals surface area contributed by atoms with Crippen LogP contribution in [0.5, 0.6) is 0 Å². The van der Waals surface area contributed by atoms with Crippen LogP contribution < -0.4 is 11.1 Å². The fourth-order valence-corrected chi connectivity index (χ4v) is 3.46. The summed E-state index contributed by atoms with van der Waals surface area (Å²) in [4.78, 5) is 51.3. The van der Waals surface area contributed by atoms with Crippen LogP contribution in [0.3, 0.4) is 0 Å². The van der Waals surface area contributed by atoms with Crippen LogP contribution in [0.4, 0.5) is 4.79 Å². The maximum Gasteiger partial charge on any atom is 0.325 e. The van der Waals surface area contributed by atoms with Gasteiger partial charge in [-0.15, -0.1) is 0 Å². The Balaban J connectivity index is 2.10. The Bertz CT molecular complexity index is 558. The first-order chi connectivity index (χ1) is 11.3. The van der Waals surface area contributed by atoms with E-state index in [4.69, 9.17) is 5.73 Å². The first kappa shape index (κ1) is 18.2. The molecule has 2 heterocycles. The van der Waals surface area contributed by atoms with E-state index in [9.17, 15) is 19.2 Å². The van der Waals surface area contributed by atoms with E-state index in [2.05, 4.69) is 5.32 Å². The number of nitrogens with two attached hydrogens (primary N) is 1. The molecule has 134 valence electrons. The van der Waals surface area contributed by atoms with Crippen molar-refractivity contribution in [3.8, 4) is 0 Å². The van der Waals surface area contributed by atoms with Gasteiger partial charge in [0.25, 0.3) is 5.91 Å². The van der Waals surface area contributed by atoms with Crippen LogP contribution in [0, 0.1) is 5.92 Å². The van der Waals surface area contributed by atoms with Gasteiger partial charge in [-0.25, -0.2) is 4.79 Å². The molecule has 3 N–H and O–H groups in total. The molecular weight excluding hydrogens is 312 g/mol. The van der Waals surface area contributed by atoms with Crippen LogP contribution >= 0.6 is 0 Å². The zero-order valence-electron chi connectivity index (χ0n) is 14.5. The quantitative estimate of drug-likeness (QED) is 0.698. The molecule has 0 unspecified atom stereocenters. The smallest absolute Gasteiger partial charge is 0.325 e. The number of primary amides is 1. The Labute approximate surface area is 141 Å². The third-order valence-electron chi connectivity index (χ3n) is 5.35. The summed E-state index contributed by atoms with van der Waals surface area (Å²) in [5.74, 6) is -1.49. The van der Waals surface area contributed by atoms with Gasteiger partial charge in [-0.1, -0.05) is 13.8 Å². The summed E-state index contributed by atoms with van der Waals surface area (Å²) in [6.07, 6.45) is 2.27. The van der Waals surface area contributed by atoms with Crippen LogP contribution in [0.1, 0.15) is 46.5 Å². The van der Waals surface area contributed by atoms with Crippen molar-refractivity contribution in [3.63, 3.8) is 0 Å². The molecule has 2 atom stereocenters. The Morgan fingerprint density at radius 1 is 1.25 bits per heavy atom. The molecule has 2 saturated heterocycles. The molecule has 2 rings (SSSR count). The molecule has 5 amide bonds. The summed E-state index contributed by atoms with van der Waals surface area (Å²) in [6.45, 7) is 5.49. The molecule has 0 aromatic carbocycles. The molecule has 0 radical (unpaired) electrons. The maximum absolute atomic E-state index is 12.6. The van der Waals surface area contributed by atoms with Crippen molar-refractivity contribution in [2.24, 2.45) is 11.7 Å². The van der Waals surface area contributed by atoms with Crippen LogP contribution in [-0.2, 0) is 14.4 Å². The van der Waals surface area contributed by atoms with Crippen molar-refractivity contribution < 1.29 is 19.2 Å². The number of likely N-dealkylation sites (tertiary alicyclic amines) is 1. The van der Waals surface area contributed by atoms with E-state index < -0.39 is 17.5 Å². The molecule has 8 heteroatoms. The topological polar surface area (TPSA) is 113 Å². The number of piperidine rings is 1. The lowest BCUT2D eigenvalue weighted by Gasteiger charge is -2.37. The molecule has 0 aromatic heterocycles. The number of carbonyl (C=O) groups excluding carboxylic acids is 4. The van der Waals surface area contributed by atoms with E-state index in [0.29, 0.717) is 25.7 Å². The van der Waals surface area contributed by atoms with Gasteiger partial charge in [-0.3, -0.25) is 19.3 Å². The molecule has 2 aliphatic rings. The molecule has 0 spiro atoms. The van der Waals surface area contributed by atoms with Crippen molar-refractivity contribution in [3.05, 3.63) is 0 Å². The maximum atomic E-state index is 12.6. The van der Waals surface area contributed by atoms with Gasteiger partial charge in [0.1, 0.15) is 12.1 Å². The molecule has 0 saturated carbocycles. The number of imide groups is 1. The number of hydrogen-bond donors (Lipinski definition) is 2. The van der Waals surface area contributed by atoms with Gasteiger partial charge in [0, 0.05) is 12.6 Å². The fraction of sp³-hybridized carbons (Fsp3) is 0.750. The number of carbonyl (C=O) groups is 4. The number of hydrogen-bond acceptors (Lipinski definition) is 4.